The van der Waals surface area contributed by atoms with Crippen molar-refractivity contribution in [3.63, 3.8) is 0 Å². The van der Waals surface area contributed by atoms with Crippen LogP contribution in [0.2, 0.25) is 0 Å². The Morgan fingerprint density at radius 2 is 2.24 bits per heavy atom. The van der Waals surface area contributed by atoms with Crippen molar-refractivity contribution in [3.05, 3.63) is 16.3 Å². The molecule has 0 bridgehead atoms. The van der Waals surface area contributed by atoms with Crippen molar-refractivity contribution in [3.8, 4) is 0 Å². The van der Waals surface area contributed by atoms with E-state index in [9.17, 15) is 4.79 Å². The average molecular weight is 255 g/mol. The second-order valence-corrected chi connectivity index (χ2v) is 5.38. The fourth-order valence-electron chi connectivity index (χ4n) is 1.36. The Morgan fingerprint density at radius 1 is 1.53 bits per heavy atom. The van der Waals surface area contributed by atoms with Crippen molar-refractivity contribution >= 4 is 22.9 Å². The number of thiophene rings is 1. The summed E-state index contributed by atoms with van der Waals surface area (Å²) < 4.78 is 0. The zero-order valence-corrected chi connectivity index (χ0v) is 11.7. The molecule has 0 aliphatic heterocycles. The number of likely N-dealkylation sites (N-methyl/N-ethyl adjacent to an activating group) is 1. The highest BCUT2D eigenvalue weighted by molar-refractivity contribution is 7.10. The molecule has 1 aromatic heterocycles. The van der Waals surface area contributed by atoms with Crippen LogP contribution >= 0.6 is 11.3 Å². The van der Waals surface area contributed by atoms with E-state index in [-0.39, 0.29) is 5.91 Å². The second-order valence-electron chi connectivity index (χ2n) is 4.38. The number of anilines is 1. The highest BCUT2D eigenvalue weighted by Crippen LogP contribution is 2.21. The minimum atomic E-state index is -0.0219. The van der Waals surface area contributed by atoms with Crippen LogP contribution in [-0.4, -0.2) is 37.5 Å². The van der Waals surface area contributed by atoms with E-state index in [0.717, 1.165) is 18.8 Å². The molecule has 1 aromatic rings. The Kier molecular flexibility index (Phi) is 5.61. The van der Waals surface area contributed by atoms with Crippen LogP contribution in [0.1, 0.15) is 18.7 Å². The van der Waals surface area contributed by atoms with E-state index in [4.69, 9.17) is 0 Å². The summed E-state index contributed by atoms with van der Waals surface area (Å²) in [7, 11) is 4.14. The third kappa shape index (κ3) is 4.85. The molecule has 1 heterocycles. The van der Waals surface area contributed by atoms with Crippen LogP contribution in [-0.2, 0) is 11.3 Å². The third-order valence-corrected chi connectivity index (χ3v) is 3.58. The molecule has 96 valence electrons. The van der Waals surface area contributed by atoms with Crippen LogP contribution in [0.25, 0.3) is 0 Å². The van der Waals surface area contributed by atoms with Crippen molar-refractivity contribution in [1.29, 1.82) is 0 Å². The van der Waals surface area contributed by atoms with Gasteiger partial charge in [0.1, 0.15) is 0 Å². The SMILES string of the molecule is CC(=O)Nc1ccsc1CNCC(C)N(C)C. The zero-order valence-electron chi connectivity index (χ0n) is 10.9. The number of rotatable bonds is 6. The lowest BCUT2D eigenvalue weighted by Crippen LogP contribution is -2.35. The molecule has 1 atom stereocenters. The topological polar surface area (TPSA) is 44.4 Å². The molecular weight excluding hydrogens is 234 g/mol. The van der Waals surface area contributed by atoms with Crippen LogP contribution in [0.5, 0.6) is 0 Å². The monoisotopic (exact) mass is 255 g/mol. The molecular formula is C12H21N3OS. The molecule has 0 aliphatic rings. The van der Waals surface area contributed by atoms with E-state index in [1.165, 1.54) is 11.8 Å². The predicted octanol–water partition coefficient (Wildman–Crippen LogP) is 1.75. The molecule has 0 spiro atoms. The molecule has 0 aromatic carbocycles. The Hall–Kier alpha value is -0.910. The van der Waals surface area contributed by atoms with E-state index in [2.05, 4.69) is 36.6 Å². The Labute approximate surface area is 107 Å². The quantitative estimate of drug-likeness (QED) is 0.814. The van der Waals surface area contributed by atoms with Gasteiger partial charge in [-0.15, -0.1) is 11.3 Å². The fraction of sp³-hybridized carbons (Fsp3) is 0.583. The summed E-state index contributed by atoms with van der Waals surface area (Å²) in [5, 5.41) is 8.23. The number of carbonyl (C=O) groups excluding carboxylic acids is 1. The maximum Gasteiger partial charge on any atom is 0.221 e. The molecule has 2 N–H and O–H groups in total. The van der Waals surface area contributed by atoms with Crippen LogP contribution in [0.15, 0.2) is 11.4 Å². The molecule has 0 saturated carbocycles. The van der Waals surface area contributed by atoms with Gasteiger partial charge in [0.25, 0.3) is 0 Å². The van der Waals surface area contributed by atoms with Gasteiger partial charge in [0.2, 0.25) is 5.91 Å². The number of hydrogen-bond donors (Lipinski definition) is 2. The standard InChI is InChI=1S/C12H21N3OS/c1-9(15(3)4)7-13-8-12-11(5-6-17-12)14-10(2)16/h5-6,9,13H,7-8H2,1-4H3,(H,14,16). The maximum atomic E-state index is 11.0. The van der Waals surface area contributed by atoms with Crippen molar-refractivity contribution in [2.24, 2.45) is 0 Å². The summed E-state index contributed by atoms with van der Waals surface area (Å²) in [6.07, 6.45) is 0. The highest BCUT2D eigenvalue weighted by Gasteiger charge is 2.07. The van der Waals surface area contributed by atoms with E-state index in [0.29, 0.717) is 6.04 Å². The van der Waals surface area contributed by atoms with Gasteiger partial charge >= 0.3 is 0 Å². The van der Waals surface area contributed by atoms with Gasteiger partial charge in [0.05, 0.1) is 5.69 Å². The summed E-state index contributed by atoms with van der Waals surface area (Å²) in [6, 6.07) is 2.44. The normalized spacial score (nSPS) is 12.8. The highest BCUT2D eigenvalue weighted by atomic mass is 32.1. The number of carbonyl (C=O) groups is 1. The van der Waals surface area contributed by atoms with Crippen molar-refractivity contribution < 1.29 is 4.79 Å². The molecule has 0 radical (unpaired) electrons. The summed E-state index contributed by atoms with van der Waals surface area (Å²) in [4.78, 5) is 14.4. The summed E-state index contributed by atoms with van der Waals surface area (Å²) in [5.74, 6) is -0.0219. The van der Waals surface area contributed by atoms with Crippen molar-refractivity contribution in [2.45, 2.75) is 26.4 Å². The van der Waals surface area contributed by atoms with E-state index >= 15 is 0 Å². The molecule has 5 heteroatoms. The number of hydrogen-bond acceptors (Lipinski definition) is 4. The molecule has 1 amide bonds. The molecule has 0 saturated heterocycles. The Balaban J connectivity index is 2.41. The van der Waals surface area contributed by atoms with Crippen LogP contribution in [0.3, 0.4) is 0 Å². The average Bonchev–Trinajstić information content (AvgIpc) is 2.64. The van der Waals surface area contributed by atoms with Gasteiger partial charge in [0, 0.05) is 30.9 Å². The Morgan fingerprint density at radius 3 is 2.82 bits per heavy atom. The summed E-state index contributed by atoms with van der Waals surface area (Å²) in [6.45, 7) is 5.44. The van der Waals surface area contributed by atoms with E-state index in [1.54, 1.807) is 11.3 Å². The first kappa shape index (κ1) is 14.2. The summed E-state index contributed by atoms with van der Waals surface area (Å²) in [5.41, 5.74) is 0.924. The zero-order chi connectivity index (χ0) is 12.8. The third-order valence-electron chi connectivity index (χ3n) is 2.66. The number of nitrogens with one attached hydrogen (secondary N) is 2. The van der Waals surface area contributed by atoms with Crippen LogP contribution < -0.4 is 10.6 Å². The lowest BCUT2D eigenvalue weighted by atomic mass is 10.3. The van der Waals surface area contributed by atoms with Crippen molar-refractivity contribution in [2.75, 3.05) is 26.0 Å². The molecule has 1 rings (SSSR count). The molecule has 0 aliphatic carbocycles. The lowest BCUT2D eigenvalue weighted by Gasteiger charge is -2.20. The largest absolute Gasteiger partial charge is 0.325 e. The minimum absolute atomic E-state index is 0.0219. The second kappa shape index (κ2) is 6.74. The summed E-state index contributed by atoms with van der Waals surface area (Å²) >= 11 is 1.66. The molecule has 1 unspecified atom stereocenters. The smallest absolute Gasteiger partial charge is 0.221 e. The first-order chi connectivity index (χ1) is 8.00. The van der Waals surface area contributed by atoms with E-state index < -0.39 is 0 Å². The van der Waals surface area contributed by atoms with E-state index in [1.807, 2.05) is 11.4 Å². The van der Waals surface area contributed by atoms with Crippen LogP contribution in [0, 0.1) is 0 Å². The van der Waals surface area contributed by atoms with Gasteiger partial charge in [-0.05, 0) is 32.5 Å². The van der Waals surface area contributed by atoms with Crippen LogP contribution in [0.4, 0.5) is 5.69 Å². The van der Waals surface area contributed by atoms with Crippen molar-refractivity contribution in [1.82, 2.24) is 10.2 Å². The number of nitrogens with zero attached hydrogens (tertiary/aromatic N) is 1. The first-order valence-electron chi connectivity index (χ1n) is 5.71. The number of amides is 1. The molecule has 0 fully saturated rings. The molecule has 4 nitrogen and oxygen atoms in total. The van der Waals surface area contributed by atoms with Gasteiger partial charge < -0.3 is 15.5 Å². The fourth-order valence-corrected chi connectivity index (χ4v) is 2.16. The van der Waals surface area contributed by atoms with Gasteiger partial charge in [-0.3, -0.25) is 4.79 Å². The van der Waals surface area contributed by atoms with Gasteiger partial charge in [-0.25, -0.2) is 0 Å². The van der Waals surface area contributed by atoms with Gasteiger partial charge in [-0.1, -0.05) is 0 Å². The molecule has 17 heavy (non-hydrogen) atoms. The minimum Gasteiger partial charge on any atom is -0.325 e. The maximum absolute atomic E-state index is 11.0. The first-order valence-corrected chi connectivity index (χ1v) is 6.59. The predicted molar refractivity (Wildman–Crippen MR) is 73.5 cm³/mol. The lowest BCUT2D eigenvalue weighted by molar-refractivity contribution is -0.114. The Bertz CT molecular complexity index is 362. The van der Waals surface area contributed by atoms with Gasteiger partial charge in [0.15, 0.2) is 0 Å². The van der Waals surface area contributed by atoms with Gasteiger partial charge in [-0.2, -0.15) is 0 Å².